The van der Waals surface area contributed by atoms with Crippen LogP contribution >= 0.6 is 11.6 Å². The van der Waals surface area contributed by atoms with Gasteiger partial charge in [-0.1, -0.05) is 18.9 Å². The lowest BCUT2D eigenvalue weighted by Crippen LogP contribution is -2.31. The summed E-state index contributed by atoms with van der Waals surface area (Å²) in [7, 11) is 0. The molecule has 0 bridgehead atoms. The second-order valence-electron chi connectivity index (χ2n) is 4.09. The summed E-state index contributed by atoms with van der Waals surface area (Å²) in [4.78, 5) is 0. The van der Waals surface area contributed by atoms with E-state index < -0.39 is 0 Å². The zero-order valence-corrected chi connectivity index (χ0v) is 11.3. The van der Waals surface area contributed by atoms with E-state index in [9.17, 15) is 0 Å². The lowest BCUT2D eigenvalue weighted by Gasteiger charge is -2.20. The number of rotatable bonds is 8. The summed E-state index contributed by atoms with van der Waals surface area (Å²) in [5.41, 5.74) is 0. The summed E-state index contributed by atoms with van der Waals surface area (Å²) in [5, 5.41) is 11.0. The maximum Gasteiger partial charge on any atom is 0.315 e. The highest BCUT2D eigenvalue weighted by atomic mass is 35.5. The minimum absolute atomic E-state index is 0.166. The van der Waals surface area contributed by atoms with Crippen molar-refractivity contribution in [2.75, 3.05) is 24.4 Å². The predicted octanol–water partition coefficient (Wildman–Crippen LogP) is 2.32. The Morgan fingerprint density at radius 1 is 1.41 bits per heavy atom. The van der Waals surface area contributed by atoms with Crippen LogP contribution in [0.3, 0.4) is 0 Å². The van der Waals surface area contributed by atoms with Crippen molar-refractivity contribution in [2.45, 2.75) is 33.2 Å². The van der Waals surface area contributed by atoms with Gasteiger partial charge < -0.3 is 14.5 Å². The first kappa shape index (κ1) is 14.3. The van der Waals surface area contributed by atoms with Crippen molar-refractivity contribution < 1.29 is 9.15 Å². The molecule has 0 spiro atoms. The van der Waals surface area contributed by atoms with Gasteiger partial charge in [0.25, 0.3) is 0 Å². The van der Waals surface area contributed by atoms with Gasteiger partial charge >= 0.3 is 6.01 Å². The van der Waals surface area contributed by atoms with Crippen molar-refractivity contribution in [3.05, 3.63) is 5.89 Å². The van der Waals surface area contributed by atoms with Gasteiger partial charge in [0.1, 0.15) is 0 Å². The Morgan fingerprint density at radius 2 is 2.18 bits per heavy atom. The van der Waals surface area contributed by atoms with Crippen molar-refractivity contribution in [3.8, 4) is 0 Å². The van der Waals surface area contributed by atoms with Crippen LogP contribution in [-0.2, 0) is 11.2 Å². The number of nitrogens with one attached hydrogen (secondary N) is 1. The molecule has 1 rings (SSSR count). The minimum Gasteiger partial charge on any atom is -0.408 e. The van der Waals surface area contributed by atoms with Gasteiger partial charge in [-0.15, -0.1) is 16.7 Å². The summed E-state index contributed by atoms with van der Waals surface area (Å²) in [6.07, 6.45) is 0.591. The fraction of sp³-hybridized carbons (Fsp3) is 0.818. The number of aryl methyl sites for hydroxylation is 1. The molecule has 5 nitrogen and oxygen atoms in total. The van der Waals surface area contributed by atoms with Gasteiger partial charge in [0, 0.05) is 18.9 Å². The Kier molecular flexibility index (Phi) is 6.29. The van der Waals surface area contributed by atoms with Crippen molar-refractivity contribution in [2.24, 2.45) is 5.92 Å². The van der Waals surface area contributed by atoms with Crippen molar-refractivity contribution in [1.29, 1.82) is 0 Å². The number of anilines is 1. The van der Waals surface area contributed by atoms with E-state index in [-0.39, 0.29) is 6.04 Å². The lowest BCUT2D eigenvalue weighted by molar-refractivity contribution is 0.126. The molecule has 1 aromatic heterocycles. The number of halogens is 1. The highest BCUT2D eigenvalue weighted by molar-refractivity contribution is 6.17. The van der Waals surface area contributed by atoms with Crippen molar-refractivity contribution >= 4 is 17.6 Å². The summed E-state index contributed by atoms with van der Waals surface area (Å²) in [6, 6.07) is 0.600. The Morgan fingerprint density at radius 3 is 2.76 bits per heavy atom. The fourth-order valence-electron chi connectivity index (χ4n) is 1.30. The third-order valence-electron chi connectivity index (χ3n) is 2.39. The Hall–Kier alpha value is -0.810. The Labute approximate surface area is 107 Å². The van der Waals surface area contributed by atoms with Crippen LogP contribution in [0, 0.1) is 5.92 Å². The fourth-order valence-corrected chi connectivity index (χ4v) is 1.46. The predicted molar refractivity (Wildman–Crippen MR) is 67.5 cm³/mol. The quantitative estimate of drug-likeness (QED) is 0.728. The third kappa shape index (κ3) is 4.91. The molecule has 0 radical (unpaired) electrons. The number of hydrogen-bond acceptors (Lipinski definition) is 5. The first-order chi connectivity index (χ1) is 8.17. The van der Waals surface area contributed by atoms with Crippen LogP contribution in [0.5, 0.6) is 0 Å². The van der Waals surface area contributed by atoms with Gasteiger partial charge in [-0.05, 0) is 12.8 Å². The molecule has 0 aliphatic heterocycles. The van der Waals surface area contributed by atoms with E-state index in [1.165, 1.54) is 0 Å². The molecule has 1 unspecified atom stereocenters. The number of aromatic nitrogens is 2. The van der Waals surface area contributed by atoms with Crippen LogP contribution in [0.25, 0.3) is 0 Å². The summed E-state index contributed by atoms with van der Waals surface area (Å²) < 4.78 is 10.8. The minimum atomic E-state index is 0.166. The van der Waals surface area contributed by atoms with E-state index in [1.54, 1.807) is 0 Å². The zero-order valence-electron chi connectivity index (χ0n) is 10.6. The van der Waals surface area contributed by atoms with Gasteiger partial charge in [-0.2, -0.15) is 0 Å². The molecule has 0 saturated carbocycles. The molecule has 0 amide bonds. The first-order valence-corrected chi connectivity index (χ1v) is 6.43. The van der Waals surface area contributed by atoms with E-state index in [4.69, 9.17) is 20.8 Å². The molecule has 0 aromatic carbocycles. The SMILES string of the molecule is CCOCC(Nc1nnc(CCCl)o1)C(C)C. The average molecular weight is 262 g/mol. The topological polar surface area (TPSA) is 60.2 Å². The number of ether oxygens (including phenoxy) is 1. The smallest absolute Gasteiger partial charge is 0.315 e. The van der Waals surface area contributed by atoms with Gasteiger partial charge in [-0.3, -0.25) is 0 Å². The van der Waals surface area contributed by atoms with Crippen LogP contribution in [0.15, 0.2) is 4.42 Å². The first-order valence-electron chi connectivity index (χ1n) is 5.90. The van der Waals surface area contributed by atoms with E-state index in [2.05, 4.69) is 29.4 Å². The molecule has 0 saturated heterocycles. The van der Waals surface area contributed by atoms with Gasteiger partial charge in [0.05, 0.1) is 12.6 Å². The van der Waals surface area contributed by atoms with Crippen LogP contribution < -0.4 is 5.32 Å². The third-order valence-corrected chi connectivity index (χ3v) is 2.58. The molecule has 1 aromatic rings. The van der Waals surface area contributed by atoms with Gasteiger partial charge in [-0.25, -0.2) is 0 Å². The highest BCUT2D eigenvalue weighted by Gasteiger charge is 2.16. The highest BCUT2D eigenvalue weighted by Crippen LogP contribution is 2.12. The van der Waals surface area contributed by atoms with E-state index in [1.807, 2.05) is 6.92 Å². The monoisotopic (exact) mass is 261 g/mol. The van der Waals surface area contributed by atoms with Crippen LogP contribution in [0.4, 0.5) is 6.01 Å². The van der Waals surface area contributed by atoms with Gasteiger partial charge in [0.15, 0.2) is 0 Å². The molecular weight excluding hydrogens is 242 g/mol. The standard InChI is InChI=1S/C11H20ClN3O2/c1-4-16-7-9(8(2)3)13-11-15-14-10(17-11)5-6-12/h8-9H,4-7H2,1-3H3,(H,13,15). The van der Waals surface area contributed by atoms with Crippen LogP contribution in [0.1, 0.15) is 26.7 Å². The molecule has 1 N–H and O–H groups in total. The molecule has 1 atom stereocenters. The molecular formula is C11H20ClN3O2. The molecule has 6 heteroatoms. The molecule has 98 valence electrons. The maximum absolute atomic E-state index is 5.60. The summed E-state index contributed by atoms with van der Waals surface area (Å²) in [6.45, 7) is 7.54. The second-order valence-corrected chi connectivity index (χ2v) is 4.47. The van der Waals surface area contributed by atoms with Crippen LogP contribution in [0.2, 0.25) is 0 Å². The van der Waals surface area contributed by atoms with E-state index in [0.29, 0.717) is 43.3 Å². The lowest BCUT2D eigenvalue weighted by atomic mass is 10.1. The molecule has 0 aliphatic carbocycles. The van der Waals surface area contributed by atoms with E-state index >= 15 is 0 Å². The van der Waals surface area contributed by atoms with Crippen LogP contribution in [-0.4, -0.2) is 35.3 Å². The van der Waals surface area contributed by atoms with E-state index in [0.717, 1.165) is 0 Å². The number of nitrogens with zero attached hydrogens (tertiary/aromatic N) is 2. The average Bonchev–Trinajstić information content (AvgIpc) is 2.72. The second kappa shape index (κ2) is 7.50. The Balaban J connectivity index is 2.52. The normalized spacial score (nSPS) is 13.0. The largest absolute Gasteiger partial charge is 0.408 e. The zero-order chi connectivity index (χ0) is 12.7. The van der Waals surface area contributed by atoms with Crippen molar-refractivity contribution in [1.82, 2.24) is 10.2 Å². The van der Waals surface area contributed by atoms with Crippen molar-refractivity contribution in [3.63, 3.8) is 0 Å². The number of hydrogen-bond donors (Lipinski definition) is 1. The maximum atomic E-state index is 5.60. The molecule has 0 fully saturated rings. The Bertz CT molecular complexity index is 317. The van der Waals surface area contributed by atoms with Gasteiger partial charge in [0.2, 0.25) is 5.89 Å². The molecule has 1 heterocycles. The number of alkyl halides is 1. The molecule has 17 heavy (non-hydrogen) atoms. The molecule has 0 aliphatic rings. The summed E-state index contributed by atoms with van der Waals surface area (Å²) >= 11 is 5.60. The summed E-state index contributed by atoms with van der Waals surface area (Å²) in [5.74, 6) is 1.46.